The van der Waals surface area contributed by atoms with Crippen LogP contribution < -0.4 is 11.1 Å². The molecule has 5 rings (SSSR count). The number of rotatable bonds is 8. The van der Waals surface area contributed by atoms with Crippen LogP contribution in [0.1, 0.15) is 65.3 Å². The highest BCUT2D eigenvalue weighted by Crippen LogP contribution is 2.38. The summed E-state index contributed by atoms with van der Waals surface area (Å²) in [4.78, 5) is 40.9. The van der Waals surface area contributed by atoms with Crippen LogP contribution in [-0.4, -0.2) is 63.2 Å². The molecule has 214 valence electrons. The zero-order valence-electron chi connectivity index (χ0n) is 24.2. The molecule has 0 saturated carbocycles. The number of nitrogens with two attached hydrogens (primary N) is 1. The van der Waals surface area contributed by atoms with Crippen molar-refractivity contribution in [2.45, 2.75) is 45.6 Å². The molecule has 0 unspecified atom stereocenters. The molecule has 1 fully saturated rings. The number of aromatic nitrogens is 3. The van der Waals surface area contributed by atoms with E-state index in [9.17, 15) is 9.59 Å². The minimum Gasteiger partial charge on any atom is -0.382 e. The van der Waals surface area contributed by atoms with Crippen LogP contribution in [0.5, 0.6) is 0 Å². The monoisotopic (exact) mass is 571 g/mol. The van der Waals surface area contributed by atoms with Gasteiger partial charge >= 0.3 is 0 Å². The molecule has 1 saturated heterocycles. The first-order valence-corrected chi connectivity index (χ1v) is 14.7. The fourth-order valence-corrected chi connectivity index (χ4v) is 6.33. The summed E-state index contributed by atoms with van der Waals surface area (Å²) in [5.74, 6) is 1.32. The van der Waals surface area contributed by atoms with E-state index in [0.29, 0.717) is 40.9 Å². The van der Waals surface area contributed by atoms with Gasteiger partial charge in [-0.2, -0.15) is 0 Å². The van der Waals surface area contributed by atoms with Gasteiger partial charge in [0, 0.05) is 37.2 Å². The Kier molecular flexibility index (Phi) is 8.23. The number of hydrogen-bond acceptors (Lipinski definition) is 7. The van der Waals surface area contributed by atoms with Crippen LogP contribution in [0.2, 0.25) is 0 Å². The number of fused-ring (bicyclic) bond motifs is 1. The van der Waals surface area contributed by atoms with Crippen molar-refractivity contribution in [1.29, 1.82) is 0 Å². The van der Waals surface area contributed by atoms with Crippen LogP contribution in [0.15, 0.2) is 54.9 Å². The van der Waals surface area contributed by atoms with E-state index in [2.05, 4.69) is 37.1 Å². The zero-order valence-corrected chi connectivity index (χ0v) is 25.0. The number of aryl methyl sites for hydroxylation is 1. The van der Waals surface area contributed by atoms with E-state index in [4.69, 9.17) is 10.7 Å². The molecule has 41 heavy (non-hydrogen) atoms. The summed E-state index contributed by atoms with van der Waals surface area (Å²) in [7, 11) is 3.93. The maximum Gasteiger partial charge on any atom is 0.265 e. The second-order valence-corrected chi connectivity index (χ2v) is 12.1. The Bertz CT molecular complexity index is 1620. The van der Waals surface area contributed by atoms with E-state index < -0.39 is 0 Å². The summed E-state index contributed by atoms with van der Waals surface area (Å²) in [6.07, 6.45) is 8.71. The normalized spacial score (nSPS) is 15.6. The van der Waals surface area contributed by atoms with Gasteiger partial charge in [0.05, 0.1) is 15.8 Å². The van der Waals surface area contributed by atoms with Crippen molar-refractivity contribution < 1.29 is 9.59 Å². The predicted molar refractivity (Wildman–Crippen MR) is 165 cm³/mol. The van der Waals surface area contributed by atoms with Crippen LogP contribution >= 0.6 is 11.3 Å². The summed E-state index contributed by atoms with van der Waals surface area (Å²) in [6, 6.07) is 9.54. The molecule has 1 atom stereocenters. The Balaban J connectivity index is 1.44. The van der Waals surface area contributed by atoms with Crippen LogP contribution in [-0.2, 0) is 4.79 Å². The molecule has 1 aromatic carbocycles. The second-order valence-electron chi connectivity index (χ2n) is 11.0. The number of likely N-dealkylation sites (tertiary alicyclic amines) is 1. The fourth-order valence-electron chi connectivity index (χ4n) is 5.43. The number of nitrogens with one attached hydrogen (secondary N) is 1. The number of nitrogen functional groups attached to an aromatic ring is 1. The summed E-state index contributed by atoms with van der Waals surface area (Å²) < 4.78 is 1.94. The molecule has 1 aliphatic rings. The van der Waals surface area contributed by atoms with E-state index in [-0.39, 0.29) is 17.9 Å². The highest BCUT2D eigenvalue weighted by atomic mass is 32.1. The molecule has 3 aromatic heterocycles. The highest BCUT2D eigenvalue weighted by Gasteiger charge is 2.33. The van der Waals surface area contributed by atoms with Gasteiger partial charge in [0.2, 0.25) is 5.91 Å². The number of imidazole rings is 1. The summed E-state index contributed by atoms with van der Waals surface area (Å²) in [5, 5.41) is 3.03. The lowest BCUT2D eigenvalue weighted by molar-refractivity contribution is -0.127. The Morgan fingerprint density at radius 1 is 1.24 bits per heavy atom. The van der Waals surface area contributed by atoms with Crippen LogP contribution in [0.25, 0.3) is 16.1 Å². The molecule has 0 radical (unpaired) electrons. The van der Waals surface area contributed by atoms with Gasteiger partial charge < -0.3 is 20.9 Å². The van der Waals surface area contributed by atoms with E-state index in [1.54, 1.807) is 12.3 Å². The third-order valence-electron chi connectivity index (χ3n) is 7.39. The van der Waals surface area contributed by atoms with Crippen molar-refractivity contribution >= 4 is 40.2 Å². The highest BCUT2D eigenvalue weighted by molar-refractivity contribution is 7.17. The van der Waals surface area contributed by atoms with Crippen molar-refractivity contribution in [3.8, 4) is 10.6 Å². The Morgan fingerprint density at radius 3 is 2.78 bits per heavy atom. The molecule has 3 N–H and O–H groups in total. The minimum absolute atomic E-state index is 0.0265. The van der Waals surface area contributed by atoms with Gasteiger partial charge in [-0.1, -0.05) is 26.0 Å². The number of carbonyl (C=O) groups is 2. The number of benzene rings is 1. The molecular weight excluding hydrogens is 534 g/mol. The molecule has 9 nitrogen and oxygen atoms in total. The SMILES string of the molecule is Cc1cc(NC(=O)c2ccc(-c3nc([C@@H]4CCCN4C(=O)/C=C/CN(C)C)n4ccnc(N)c34)s2)ccc1C(C)C. The largest absolute Gasteiger partial charge is 0.382 e. The number of thiophene rings is 1. The van der Waals surface area contributed by atoms with Crippen LogP contribution in [0.4, 0.5) is 11.5 Å². The first kappa shape index (κ1) is 28.5. The number of hydrogen-bond donors (Lipinski definition) is 2. The number of anilines is 2. The standard InChI is InChI=1S/C31H37N7O2S/c1-19(2)22-11-10-21(18-20(22)3)34-31(40)25-13-12-24(41-25)27-28-29(32)33-14-17-38(28)30(35-27)23-8-6-16-37(23)26(39)9-7-15-36(4)5/h7,9-14,17-19,23H,6,8,15-16H2,1-5H3,(H2,32,33)(H,34,40)/b9-7+/t23-/m0/s1. The summed E-state index contributed by atoms with van der Waals surface area (Å²) in [5.41, 5.74) is 10.9. The van der Waals surface area contributed by atoms with Crippen molar-refractivity contribution in [3.05, 3.63) is 76.7 Å². The lowest BCUT2D eigenvalue weighted by Crippen LogP contribution is -2.30. The number of nitrogens with zero attached hydrogens (tertiary/aromatic N) is 5. The van der Waals surface area contributed by atoms with Gasteiger partial charge in [0.15, 0.2) is 0 Å². The summed E-state index contributed by atoms with van der Waals surface area (Å²) >= 11 is 1.36. The zero-order chi connectivity index (χ0) is 29.3. The van der Waals surface area contributed by atoms with Gasteiger partial charge in [-0.3, -0.25) is 14.0 Å². The van der Waals surface area contributed by atoms with Crippen LogP contribution in [0.3, 0.4) is 0 Å². The van der Waals surface area contributed by atoms with Crippen molar-refractivity contribution in [2.75, 3.05) is 38.2 Å². The van der Waals surface area contributed by atoms with Gasteiger partial charge in [-0.25, -0.2) is 9.97 Å². The maximum absolute atomic E-state index is 13.2. The van der Waals surface area contributed by atoms with Gasteiger partial charge in [0.1, 0.15) is 22.9 Å². The van der Waals surface area contributed by atoms with E-state index in [0.717, 1.165) is 34.8 Å². The molecule has 10 heteroatoms. The quantitative estimate of drug-likeness (QED) is 0.270. The molecule has 0 bridgehead atoms. The van der Waals surface area contributed by atoms with E-state index in [1.165, 1.54) is 16.9 Å². The molecular formula is C31H37N7O2S. The Hall–Kier alpha value is -4.02. The summed E-state index contributed by atoms with van der Waals surface area (Å²) in [6.45, 7) is 7.74. The number of amides is 2. The van der Waals surface area contributed by atoms with E-state index in [1.807, 2.05) is 64.8 Å². The minimum atomic E-state index is -0.186. The third kappa shape index (κ3) is 5.89. The Labute approximate surface area is 244 Å². The van der Waals surface area contributed by atoms with Gasteiger partial charge in [-0.15, -0.1) is 11.3 Å². The third-order valence-corrected chi connectivity index (χ3v) is 8.48. The van der Waals surface area contributed by atoms with Crippen molar-refractivity contribution in [3.63, 3.8) is 0 Å². The predicted octanol–water partition coefficient (Wildman–Crippen LogP) is 5.51. The van der Waals surface area contributed by atoms with Crippen molar-refractivity contribution in [1.82, 2.24) is 24.2 Å². The molecule has 4 aromatic rings. The number of likely N-dealkylation sites (N-methyl/N-ethyl adjacent to an activating group) is 1. The smallest absolute Gasteiger partial charge is 0.265 e. The topological polar surface area (TPSA) is 109 Å². The lowest BCUT2D eigenvalue weighted by atomic mass is 9.98. The van der Waals surface area contributed by atoms with Gasteiger partial charge in [0.25, 0.3) is 5.91 Å². The first-order chi connectivity index (χ1) is 19.6. The maximum atomic E-state index is 13.2. The number of carbonyl (C=O) groups excluding carboxylic acids is 2. The molecule has 0 spiro atoms. The first-order valence-electron chi connectivity index (χ1n) is 13.9. The van der Waals surface area contributed by atoms with E-state index >= 15 is 0 Å². The average molecular weight is 572 g/mol. The van der Waals surface area contributed by atoms with Crippen LogP contribution in [0, 0.1) is 6.92 Å². The fraction of sp³-hybridized carbons (Fsp3) is 0.355. The molecule has 0 aliphatic carbocycles. The van der Waals surface area contributed by atoms with Crippen molar-refractivity contribution in [2.24, 2.45) is 0 Å². The average Bonchev–Trinajstić information content (AvgIpc) is 3.66. The Morgan fingerprint density at radius 2 is 2.05 bits per heavy atom. The molecule has 1 aliphatic heterocycles. The molecule has 2 amide bonds. The van der Waals surface area contributed by atoms with Gasteiger partial charge in [-0.05, 0) is 75.2 Å². The lowest BCUT2D eigenvalue weighted by Gasteiger charge is -2.22. The second kappa shape index (κ2) is 11.8. The molecule has 4 heterocycles.